The quantitative estimate of drug-likeness (QED) is 0.872. The lowest BCUT2D eigenvalue weighted by Gasteiger charge is -2.25. The Hall–Kier alpha value is -1.36. The van der Waals surface area contributed by atoms with E-state index in [1.807, 2.05) is 27.7 Å². The lowest BCUT2D eigenvalue weighted by atomic mass is 9.89. The Morgan fingerprint density at radius 1 is 1.43 bits per heavy atom. The van der Waals surface area contributed by atoms with E-state index in [9.17, 15) is 4.79 Å². The Morgan fingerprint density at radius 3 is 2.67 bits per heavy atom. The van der Waals surface area contributed by atoms with Gasteiger partial charge in [0.05, 0.1) is 5.41 Å². The van der Waals surface area contributed by atoms with Gasteiger partial charge in [0.2, 0.25) is 5.91 Å². The minimum atomic E-state index is -0.378. The van der Waals surface area contributed by atoms with E-state index >= 15 is 0 Å². The van der Waals surface area contributed by atoms with Crippen LogP contribution in [-0.2, 0) is 4.79 Å². The van der Waals surface area contributed by atoms with Crippen molar-refractivity contribution < 1.29 is 4.79 Å². The molecule has 2 heterocycles. The van der Waals surface area contributed by atoms with Crippen molar-refractivity contribution in [1.29, 1.82) is 0 Å². The van der Waals surface area contributed by atoms with Crippen LogP contribution in [-0.4, -0.2) is 36.0 Å². The number of rotatable bonds is 3. The SMILES string of the molecule is CNC(=O)C1(C)CCN(c2nc(C(C)C)nc(Cl)c2C)C1. The van der Waals surface area contributed by atoms with Gasteiger partial charge in [-0.25, -0.2) is 9.97 Å². The van der Waals surface area contributed by atoms with Gasteiger partial charge in [0.1, 0.15) is 16.8 Å². The van der Waals surface area contributed by atoms with Crippen LogP contribution in [0.15, 0.2) is 0 Å². The zero-order valence-electron chi connectivity index (χ0n) is 13.3. The van der Waals surface area contributed by atoms with Crippen molar-refractivity contribution in [3.63, 3.8) is 0 Å². The van der Waals surface area contributed by atoms with Gasteiger partial charge in [-0.3, -0.25) is 4.79 Å². The van der Waals surface area contributed by atoms with Crippen molar-refractivity contribution in [2.45, 2.75) is 40.0 Å². The van der Waals surface area contributed by atoms with Crippen molar-refractivity contribution in [2.24, 2.45) is 5.41 Å². The minimum Gasteiger partial charge on any atom is -0.359 e. The number of carbonyl (C=O) groups excluding carboxylic acids is 1. The molecule has 1 aromatic heterocycles. The number of aromatic nitrogens is 2. The second kappa shape index (κ2) is 5.79. The third kappa shape index (κ3) is 2.98. The van der Waals surface area contributed by atoms with Crippen LogP contribution >= 0.6 is 11.6 Å². The molecule has 116 valence electrons. The number of nitrogens with zero attached hydrogens (tertiary/aromatic N) is 3. The maximum Gasteiger partial charge on any atom is 0.227 e. The highest BCUT2D eigenvalue weighted by Gasteiger charge is 2.40. The summed E-state index contributed by atoms with van der Waals surface area (Å²) < 4.78 is 0. The molecule has 0 bridgehead atoms. The van der Waals surface area contributed by atoms with Crippen LogP contribution in [0.2, 0.25) is 5.15 Å². The molecule has 0 aliphatic carbocycles. The van der Waals surface area contributed by atoms with Crippen LogP contribution < -0.4 is 10.2 Å². The van der Waals surface area contributed by atoms with Gasteiger partial charge in [-0.05, 0) is 20.3 Å². The van der Waals surface area contributed by atoms with Gasteiger partial charge in [0.25, 0.3) is 0 Å². The van der Waals surface area contributed by atoms with E-state index in [2.05, 4.69) is 20.2 Å². The van der Waals surface area contributed by atoms with Crippen LogP contribution in [0.4, 0.5) is 5.82 Å². The molecular formula is C15H23ClN4O. The smallest absolute Gasteiger partial charge is 0.227 e. The van der Waals surface area contributed by atoms with Crippen molar-refractivity contribution in [1.82, 2.24) is 15.3 Å². The maximum atomic E-state index is 12.0. The molecule has 0 aromatic carbocycles. The highest BCUT2D eigenvalue weighted by molar-refractivity contribution is 6.30. The summed E-state index contributed by atoms with van der Waals surface area (Å²) in [7, 11) is 1.68. The van der Waals surface area contributed by atoms with Gasteiger partial charge in [-0.2, -0.15) is 0 Å². The number of nitrogens with one attached hydrogen (secondary N) is 1. The summed E-state index contributed by atoms with van der Waals surface area (Å²) in [6.45, 7) is 9.46. The molecule has 1 N–H and O–H groups in total. The summed E-state index contributed by atoms with van der Waals surface area (Å²) in [6, 6.07) is 0. The molecule has 6 heteroatoms. The fourth-order valence-corrected chi connectivity index (χ4v) is 2.86. The average molecular weight is 311 g/mol. The van der Waals surface area contributed by atoms with Crippen molar-refractivity contribution in [3.05, 3.63) is 16.5 Å². The molecule has 5 nitrogen and oxygen atoms in total. The molecule has 1 fully saturated rings. The fraction of sp³-hybridized carbons (Fsp3) is 0.667. The summed E-state index contributed by atoms with van der Waals surface area (Å²) in [5.41, 5.74) is 0.499. The molecule has 2 rings (SSSR count). The van der Waals surface area contributed by atoms with Gasteiger partial charge in [-0.15, -0.1) is 0 Å². The summed E-state index contributed by atoms with van der Waals surface area (Å²) in [5.74, 6) is 1.89. The van der Waals surface area contributed by atoms with Crippen LogP contribution in [0.3, 0.4) is 0 Å². The largest absolute Gasteiger partial charge is 0.359 e. The number of amides is 1. The van der Waals surface area contributed by atoms with Gasteiger partial charge >= 0.3 is 0 Å². The van der Waals surface area contributed by atoms with E-state index in [0.29, 0.717) is 11.7 Å². The van der Waals surface area contributed by atoms with Gasteiger partial charge in [0, 0.05) is 31.6 Å². The van der Waals surface area contributed by atoms with Crippen LogP contribution in [0.1, 0.15) is 44.5 Å². The zero-order chi connectivity index (χ0) is 15.8. The number of carbonyl (C=O) groups is 1. The standard InChI is InChI=1S/C15H23ClN4O/c1-9(2)12-18-11(16)10(3)13(19-12)20-7-6-15(4,8-20)14(21)17-5/h9H,6-8H2,1-5H3,(H,17,21). The van der Waals surface area contributed by atoms with Gasteiger partial charge in [-0.1, -0.05) is 25.4 Å². The Labute approximate surface area is 131 Å². The van der Waals surface area contributed by atoms with Crippen LogP contribution in [0.5, 0.6) is 0 Å². The summed E-state index contributed by atoms with van der Waals surface area (Å²) in [6.07, 6.45) is 0.810. The first-order valence-corrected chi connectivity index (χ1v) is 7.67. The van der Waals surface area contributed by atoms with E-state index in [4.69, 9.17) is 11.6 Å². The van der Waals surface area contributed by atoms with Crippen LogP contribution in [0.25, 0.3) is 0 Å². The molecule has 21 heavy (non-hydrogen) atoms. The zero-order valence-corrected chi connectivity index (χ0v) is 14.1. The van der Waals surface area contributed by atoms with E-state index in [1.54, 1.807) is 7.05 Å². The minimum absolute atomic E-state index is 0.0758. The number of hydrogen-bond acceptors (Lipinski definition) is 4. The summed E-state index contributed by atoms with van der Waals surface area (Å²) >= 11 is 6.25. The van der Waals surface area contributed by atoms with Crippen molar-refractivity contribution >= 4 is 23.3 Å². The molecule has 0 radical (unpaired) electrons. The average Bonchev–Trinajstić information content (AvgIpc) is 2.84. The third-order valence-corrected chi connectivity index (χ3v) is 4.51. The first kappa shape index (κ1) is 16.0. The first-order valence-electron chi connectivity index (χ1n) is 7.29. The van der Waals surface area contributed by atoms with E-state index in [0.717, 1.165) is 30.2 Å². The molecule has 1 amide bonds. The second-order valence-electron chi connectivity index (χ2n) is 6.29. The molecule has 1 aromatic rings. The second-order valence-corrected chi connectivity index (χ2v) is 6.65. The molecular weight excluding hydrogens is 288 g/mol. The highest BCUT2D eigenvalue weighted by atomic mass is 35.5. The molecule has 0 saturated carbocycles. The lowest BCUT2D eigenvalue weighted by molar-refractivity contribution is -0.128. The Kier molecular flexibility index (Phi) is 4.42. The number of anilines is 1. The van der Waals surface area contributed by atoms with Crippen molar-refractivity contribution in [2.75, 3.05) is 25.0 Å². The van der Waals surface area contributed by atoms with Crippen molar-refractivity contribution in [3.8, 4) is 0 Å². The fourth-order valence-electron chi connectivity index (χ4n) is 2.69. The van der Waals surface area contributed by atoms with Gasteiger partial charge < -0.3 is 10.2 Å². The van der Waals surface area contributed by atoms with Gasteiger partial charge in [0.15, 0.2) is 0 Å². The number of halogens is 1. The Bertz CT molecular complexity index is 561. The molecule has 1 atom stereocenters. The molecule has 1 aliphatic heterocycles. The summed E-state index contributed by atoms with van der Waals surface area (Å²) in [4.78, 5) is 23.2. The third-order valence-electron chi connectivity index (χ3n) is 4.14. The normalized spacial score (nSPS) is 22.0. The Balaban J connectivity index is 2.34. The number of hydrogen-bond donors (Lipinski definition) is 1. The molecule has 1 saturated heterocycles. The van der Waals surface area contributed by atoms with E-state index < -0.39 is 0 Å². The predicted molar refractivity (Wildman–Crippen MR) is 84.9 cm³/mol. The molecule has 0 spiro atoms. The molecule has 1 aliphatic rings. The topological polar surface area (TPSA) is 58.1 Å². The highest BCUT2D eigenvalue weighted by Crippen LogP contribution is 2.35. The van der Waals surface area contributed by atoms with E-state index in [-0.39, 0.29) is 17.2 Å². The first-order chi connectivity index (χ1) is 9.78. The molecule has 1 unspecified atom stereocenters. The summed E-state index contributed by atoms with van der Waals surface area (Å²) in [5, 5.41) is 3.25. The van der Waals surface area contributed by atoms with E-state index in [1.165, 1.54) is 0 Å². The predicted octanol–water partition coefficient (Wildman–Crippen LogP) is 2.52. The van der Waals surface area contributed by atoms with Crippen LogP contribution in [0, 0.1) is 12.3 Å². The monoisotopic (exact) mass is 310 g/mol. The lowest BCUT2D eigenvalue weighted by Crippen LogP contribution is -2.39. The maximum absolute atomic E-state index is 12.0. The Morgan fingerprint density at radius 2 is 2.10 bits per heavy atom.